The normalized spacial score (nSPS) is 16.5. The fourth-order valence-electron chi connectivity index (χ4n) is 2.90. The van der Waals surface area contributed by atoms with Crippen LogP contribution in [0.5, 0.6) is 11.5 Å². The summed E-state index contributed by atoms with van der Waals surface area (Å²) in [4.78, 5) is 14.4. The van der Waals surface area contributed by atoms with Gasteiger partial charge in [-0.1, -0.05) is 6.92 Å². The molecular formula is C18H24N2O3. The Labute approximate surface area is 137 Å². The Hall–Kier alpha value is -2.22. The Morgan fingerprint density at radius 2 is 2.04 bits per heavy atom. The Morgan fingerprint density at radius 1 is 1.35 bits per heavy atom. The maximum Gasteiger partial charge on any atom is 0.224 e. The molecule has 1 aliphatic rings. The molecule has 1 heterocycles. The Kier molecular flexibility index (Phi) is 5.86. The number of piperidine rings is 1. The minimum atomic E-state index is -0.535. The minimum Gasteiger partial charge on any atom is -0.497 e. The second-order valence-corrected chi connectivity index (χ2v) is 6.06. The van der Waals surface area contributed by atoms with E-state index in [9.17, 15) is 10.1 Å². The SMILES string of the molecule is COc1ccc(OC)c(C(C#N)CC(=O)N2CCC(C)CC2)c1. The van der Waals surface area contributed by atoms with E-state index in [1.807, 2.05) is 4.90 Å². The second kappa shape index (κ2) is 7.87. The van der Waals surface area contributed by atoms with Crippen molar-refractivity contribution in [3.63, 3.8) is 0 Å². The van der Waals surface area contributed by atoms with Gasteiger partial charge in [0.05, 0.1) is 26.2 Å². The number of hydrogen-bond donors (Lipinski definition) is 0. The van der Waals surface area contributed by atoms with Gasteiger partial charge in [0.2, 0.25) is 5.91 Å². The van der Waals surface area contributed by atoms with E-state index in [-0.39, 0.29) is 12.3 Å². The van der Waals surface area contributed by atoms with Crippen LogP contribution in [0.3, 0.4) is 0 Å². The average molecular weight is 316 g/mol. The summed E-state index contributed by atoms with van der Waals surface area (Å²) in [7, 11) is 3.14. The molecule has 1 saturated heterocycles. The van der Waals surface area contributed by atoms with Crippen LogP contribution < -0.4 is 9.47 Å². The quantitative estimate of drug-likeness (QED) is 0.838. The zero-order valence-electron chi connectivity index (χ0n) is 14.0. The third-order valence-corrected chi connectivity index (χ3v) is 4.48. The van der Waals surface area contributed by atoms with E-state index in [2.05, 4.69) is 13.0 Å². The first-order valence-electron chi connectivity index (χ1n) is 7.98. The number of rotatable bonds is 5. The van der Waals surface area contributed by atoms with Crippen molar-refractivity contribution >= 4 is 5.91 Å². The molecular weight excluding hydrogens is 292 g/mol. The Bertz CT molecular complexity index is 586. The van der Waals surface area contributed by atoms with Gasteiger partial charge in [-0.2, -0.15) is 5.26 Å². The lowest BCUT2D eigenvalue weighted by Gasteiger charge is -2.31. The van der Waals surface area contributed by atoms with E-state index in [0.29, 0.717) is 23.0 Å². The maximum absolute atomic E-state index is 12.5. The second-order valence-electron chi connectivity index (χ2n) is 6.06. The van der Waals surface area contributed by atoms with E-state index in [4.69, 9.17) is 9.47 Å². The number of nitriles is 1. The molecule has 5 heteroatoms. The van der Waals surface area contributed by atoms with Crippen molar-refractivity contribution < 1.29 is 14.3 Å². The first-order valence-corrected chi connectivity index (χ1v) is 7.98. The van der Waals surface area contributed by atoms with Gasteiger partial charge in [-0.3, -0.25) is 4.79 Å². The lowest BCUT2D eigenvalue weighted by atomic mass is 9.94. The number of hydrogen-bond acceptors (Lipinski definition) is 4. The summed E-state index contributed by atoms with van der Waals surface area (Å²) >= 11 is 0. The van der Waals surface area contributed by atoms with Crippen LogP contribution in [0, 0.1) is 17.2 Å². The molecule has 0 radical (unpaired) electrons. The van der Waals surface area contributed by atoms with Gasteiger partial charge in [-0.15, -0.1) is 0 Å². The van der Waals surface area contributed by atoms with E-state index >= 15 is 0 Å². The summed E-state index contributed by atoms with van der Waals surface area (Å²) in [6, 6.07) is 7.57. The van der Waals surface area contributed by atoms with E-state index in [0.717, 1.165) is 25.9 Å². The fraction of sp³-hybridized carbons (Fsp3) is 0.556. The molecule has 1 atom stereocenters. The summed E-state index contributed by atoms with van der Waals surface area (Å²) in [6.07, 6.45) is 2.24. The van der Waals surface area contributed by atoms with E-state index in [1.165, 1.54) is 0 Å². The highest BCUT2D eigenvalue weighted by atomic mass is 16.5. The fourth-order valence-corrected chi connectivity index (χ4v) is 2.90. The first kappa shape index (κ1) is 17.1. The van der Waals surface area contributed by atoms with Crippen LogP contribution >= 0.6 is 0 Å². The van der Waals surface area contributed by atoms with Crippen LogP contribution in [0.15, 0.2) is 18.2 Å². The van der Waals surface area contributed by atoms with Gasteiger partial charge in [0.1, 0.15) is 11.5 Å². The Balaban J connectivity index is 2.14. The lowest BCUT2D eigenvalue weighted by molar-refractivity contribution is -0.132. The summed E-state index contributed by atoms with van der Waals surface area (Å²) < 4.78 is 10.6. The molecule has 0 saturated carbocycles. The van der Waals surface area contributed by atoms with Crippen LogP contribution in [0.1, 0.15) is 37.7 Å². The van der Waals surface area contributed by atoms with E-state index in [1.54, 1.807) is 32.4 Å². The number of methoxy groups -OCH3 is 2. The van der Waals surface area contributed by atoms with Crippen molar-refractivity contribution in [3.8, 4) is 17.6 Å². The molecule has 1 fully saturated rings. The summed E-state index contributed by atoms with van der Waals surface area (Å²) in [5, 5.41) is 9.54. The standard InChI is InChI=1S/C18H24N2O3/c1-13-6-8-20(9-7-13)18(21)10-14(12-19)16-11-15(22-2)4-5-17(16)23-3/h4-5,11,13-14H,6-10H2,1-3H3. The molecule has 23 heavy (non-hydrogen) atoms. The van der Waals surface area contributed by atoms with Crippen molar-refractivity contribution in [1.29, 1.82) is 5.26 Å². The highest BCUT2D eigenvalue weighted by molar-refractivity contribution is 5.78. The summed E-state index contributed by atoms with van der Waals surface area (Å²) in [5.74, 6) is 1.43. The lowest BCUT2D eigenvalue weighted by Crippen LogP contribution is -2.38. The largest absolute Gasteiger partial charge is 0.497 e. The number of likely N-dealkylation sites (tertiary alicyclic amines) is 1. The van der Waals surface area contributed by atoms with Crippen molar-refractivity contribution in [3.05, 3.63) is 23.8 Å². The van der Waals surface area contributed by atoms with Crippen molar-refractivity contribution in [2.24, 2.45) is 5.92 Å². The van der Waals surface area contributed by atoms with Gasteiger partial charge >= 0.3 is 0 Å². The maximum atomic E-state index is 12.5. The van der Waals surface area contributed by atoms with Crippen LogP contribution in [-0.2, 0) is 4.79 Å². The van der Waals surface area contributed by atoms with Gasteiger partial charge in [-0.05, 0) is 37.0 Å². The van der Waals surface area contributed by atoms with Gasteiger partial charge in [0.15, 0.2) is 0 Å². The molecule has 2 rings (SSSR count). The van der Waals surface area contributed by atoms with Crippen molar-refractivity contribution in [1.82, 2.24) is 4.90 Å². The zero-order valence-corrected chi connectivity index (χ0v) is 14.0. The molecule has 1 aromatic rings. The van der Waals surface area contributed by atoms with Crippen LogP contribution in [0.25, 0.3) is 0 Å². The number of carbonyl (C=O) groups excluding carboxylic acids is 1. The number of amides is 1. The average Bonchev–Trinajstić information content (AvgIpc) is 2.59. The van der Waals surface area contributed by atoms with Crippen LogP contribution in [0.4, 0.5) is 0 Å². The number of ether oxygens (including phenoxy) is 2. The monoisotopic (exact) mass is 316 g/mol. The third-order valence-electron chi connectivity index (χ3n) is 4.48. The zero-order chi connectivity index (χ0) is 16.8. The predicted molar refractivity (Wildman–Crippen MR) is 87.5 cm³/mol. The minimum absolute atomic E-state index is 0.0355. The number of nitrogens with zero attached hydrogens (tertiary/aromatic N) is 2. The van der Waals surface area contributed by atoms with Gasteiger partial charge in [-0.25, -0.2) is 0 Å². The molecule has 1 aliphatic heterocycles. The first-order chi connectivity index (χ1) is 11.1. The van der Waals surface area contributed by atoms with Crippen LogP contribution in [0.2, 0.25) is 0 Å². The molecule has 0 aliphatic carbocycles. The summed E-state index contributed by atoms with van der Waals surface area (Å²) in [6.45, 7) is 3.78. The number of carbonyl (C=O) groups is 1. The van der Waals surface area contributed by atoms with E-state index < -0.39 is 5.92 Å². The van der Waals surface area contributed by atoms with Gasteiger partial charge in [0.25, 0.3) is 0 Å². The molecule has 1 aromatic carbocycles. The highest BCUT2D eigenvalue weighted by Crippen LogP contribution is 2.33. The molecule has 0 aromatic heterocycles. The molecule has 0 N–H and O–H groups in total. The van der Waals surface area contributed by atoms with Gasteiger partial charge in [0, 0.05) is 25.1 Å². The highest BCUT2D eigenvalue weighted by Gasteiger charge is 2.25. The molecule has 0 bridgehead atoms. The molecule has 0 spiro atoms. The van der Waals surface area contributed by atoms with Crippen molar-refractivity contribution in [2.75, 3.05) is 27.3 Å². The predicted octanol–water partition coefficient (Wildman–Crippen LogP) is 2.96. The third kappa shape index (κ3) is 4.16. The summed E-state index contributed by atoms with van der Waals surface area (Å²) in [5.41, 5.74) is 0.702. The molecule has 124 valence electrons. The van der Waals surface area contributed by atoms with Crippen LogP contribution in [-0.4, -0.2) is 38.1 Å². The molecule has 1 amide bonds. The van der Waals surface area contributed by atoms with Gasteiger partial charge < -0.3 is 14.4 Å². The molecule has 1 unspecified atom stereocenters. The topological polar surface area (TPSA) is 62.6 Å². The van der Waals surface area contributed by atoms with Crippen molar-refractivity contribution in [2.45, 2.75) is 32.1 Å². The molecule has 5 nitrogen and oxygen atoms in total. The number of benzene rings is 1. The smallest absolute Gasteiger partial charge is 0.224 e. The Morgan fingerprint density at radius 3 is 2.61 bits per heavy atom.